The highest BCUT2D eigenvalue weighted by molar-refractivity contribution is 5.19. The van der Waals surface area contributed by atoms with Crippen molar-refractivity contribution >= 4 is 13.6 Å². The van der Waals surface area contributed by atoms with E-state index < -0.39 is 0 Å². The number of carbonyl (C=O) groups is 2. The van der Waals surface area contributed by atoms with Crippen LogP contribution in [-0.4, -0.2) is 27.7 Å². The van der Waals surface area contributed by atoms with Gasteiger partial charge in [-0.2, -0.15) is 0 Å². The van der Waals surface area contributed by atoms with Gasteiger partial charge in [0.1, 0.15) is 13.6 Å². The molecule has 140 valence electrons. The van der Waals surface area contributed by atoms with Crippen LogP contribution in [0, 0.1) is 13.8 Å². The fraction of sp³-hybridized carbons (Fsp3) is 0.333. The van der Waals surface area contributed by atoms with Crippen molar-refractivity contribution in [2.45, 2.75) is 33.2 Å². The molecule has 25 heavy (non-hydrogen) atoms. The molecule has 0 aromatic heterocycles. The molecule has 0 aliphatic heterocycles. The lowest BCUT2D eigenvalue weighted by atomic mass is 10.1. The highest BCUT2D eigenvalue weighted by atomic mass is 16.1. The Balaban J connectivity index is -0.000000305. The lowest BCUT2D eigenvalue weighted by Crippen LogP contribution is -2.14. The Bertz CT molecular complexity index is 460. The molecule has 0 aliphatic carbocycles. The largest absolute Gasteiger partial charge is 0.333 e. The third kappa shape index (κ3) is 15.0. The fourth-order valence-corrected chi connectivity index (χ4v) is 1.93. The van der Waals surface area contributed by atoms with Crippen LogP contribution >= 0.6 is 0 Å². The number of benzene rings is 2. The van der Waals surface area contributed by atoms with Gasteiger partial charge in [-0.3, -0.25) is 0 Å². The molecule has 0 saturated carbocycles. The van der Waals surface area contributed by atoms with Crippen LogP contribution in [0.25, 0.3) is 0 Å². The zero-order chi connectivity index (χ0) is 20.1. The fourth-order valence-electron chi connectivity index (χ4n) is 1.93. The second-order valence-electron chi connectivity index (χ2n) is 4.81. The molecule has 1 unspecified atom stereocenters. The van der Waals surface area contributed by atoms with E-state index in [1.54, 1.807) is 0 Å². The van der Waals surface area contributed by atoms with Crippen molar-refractivity contribution in [1.82, 2.24) is 5.32 Å². The van der Waals surface area contributed by atoms with Gasteiger partial charge >= 0.3 is 0 Å². The van der Waals surface area contributed by atoms with Crippen molar-refractivity contribution in [3.05, 3.63) is 71.3 Å². The van der Waals surface area contributed by atoms with Gasteiger partial charge in [0, 0.05) is 6.04 Å². The molecule has 0 fully saturated rings. The summed E-state index contributed by atoms with van der Waals surface area (Å²) in [5.74, 6) is 0. The first kappa shape index (κ1) is 27.5. The quantitative estimate of drug-likeness (QED) is 0.885. The van der Waals surface area contributed by atoms with Gasteiger partial charge in [0.15, 0.2) is 0 Å². The van der Waals surface area contributed by atoms with Gasteiger partial charge in [0.25, 0.3) is 0 Å². The molecule has 0 amide bonds. The van der Waals surface area contributed by atoms with E-state index in [0.29, 0.717) is 6.04 Å². The lowest BCUT2D eigenvalue weighted by Gasteiger charge is -2.13. The van der Waals surface area contributed by atoms with Gasteiger partial charge in [0.2, 0.25) is 0 Å². The van der Waals surface area contributed by atoms with E-state index in [0.717, 1.165) is 6.42 Å². The van der Waals surface area contributed by atoms with Crippen molar-refractivity contribution in [2.24, 2.45) is 5.73 Å². The third-order valence-electron chi connectivity index (χ3n) is 3.18. The molecule has 3 N–H and O–H groups in total. The first-order valence-electron chi connectivity index (χ1n) is 8.08. The summed E-state index contributed by atoms with van der Waals surface area (Å²) >= 11 is 0. The van der Waals surface area contributed by atoms with Crippen LogP contribution in [0.4, 0.5) is 0 Å². The van der Waals surface area contributed by atoms with Crippen LogP contribution in [0.1, 0.15) is 36.1 Å². The van der Waals surface area contributed by atoms with E-state index in [4.69, 9.17) is 9.59 Å². The first-order chi connectivity index (χ1) is 12.2. The Morgan fingerprint density at radius 1 is 0.840 bits per heavy atom. The highest BCUT2D eigenvalue weighted by Gasteiger charge is 2.03. The summed E-state index contributed by atoms with van der Waals surface area (Å²) in [6.07, 6.45) is 1.14. The standard InChI is InChI=1S/C10H15N.C8H10.CH5N.2CH2O/c1-3-10(11-2)9-7-5-4-6-8-9;1-7-3-5-8(2)6-4-7;3*1-2/h4-8,10-11H,3H2,1-2H3;3-6H,1-2H3;2H2,1H3;2*1H2. The van der Waals surface area contributed by atoms with Gasteiger partial charge in [0.05, 0.1) is 0 Å². The summed E-state index contributed by atoms with van der Waals surface area (Å²) < 4.78 is 0. The molecule has 4 heteroatoms. The number of carbonyl (C=O) groups excluding carboxylic acids is 2. The molecule has 0 spiro atoms. The second kappa shape index (κ2) is 21.7. The van der Waals surface area contributed by atoms with Crippen LogP contribution < -0.4 is 11.1 Å². The molecule has 4 nitrogen and oxygen atoms in total. The molecule has 0 heterocycles. The van der Waals surface area contributed by atoms with Gasteiger partial charge in [-0.05, 0) is 39.9 Å². The highest BCUT2D eigenvalue weighted by Crippen LogP contribution is 2.14. The van der Waals surface area contributed by atoms with Crippen LogP contribution in [0.3, 0.4) is 0 Å². The topological polar surface area (TPSA) is 72.2 Å². The Hall–Kier alpha value is -2.30. The van der Waals surface area contributed by atoms with E-state index in [1.165, 1.54) is 23.7 Å². The number of nitrogens with two attached hydrogens (primary N) is 1. The molecular formula is C21H34N2O2. The number of aryl methyl sites for hydroxylation is 2. The Morgan fingerprint density at radius 3 is 1.48 bits per heavy atom. The number of nitrogens with one attached hydrogen (secondary N) is 1. The predicted octanol–water partition coefficient (Wildman–Crippen LogP) is 3.87. The summed E-state index contributed by atoms with van der Waals surface area (Å²) in [6, 6.07) is 19.5. The minimum absolute atomic E-state index is 0.510. The van der Waals surface area contributed by atoms with Gasteiger partial charge in [-0.15, -0.1) is 0 Å². The summed E-state index contributed by atoms with van der Waals surface area (Å²) in [5, 5.41) is 3.27. The van der Waals surface area contributed by atoms with Crippen molar-refractivity contribution in [1.29, 1.82) is 0 Å². The maximum atomic E-state index is 8.00. The summed E-state index contributed by atoms with van der Waals surface area (Å²) in [6.45, 7) is 10.4. The zero-order valence-electron chi connectivity index (χ0n) is 16.3. The molecule has 2 aromatic rings. The van der Waals surface area contributed by atoms with Crippen molar-refractivity contribution < 1.29 is 9.59 Å². The second-order valence-corrected chi connectivity index (χ2v) is 4.81. The maximum absolute atomic E-state index is 8.00. The SMILES string of the molecule is C=O.C=O.CCC(NC)c1ccccc1.CN.Cc1ccc(C)cc1. The molecule has 0 aliphatic rings. The lowest BCUT2D eigenvalue weighted by molar-refractivity contribution is -0.0987. The van der Waals surface area contributed by atoms with Crippen molar-refractivity contribution in [2.75, 3.05) is 14.1 Å². The first-order valence-corrected chi connectivity index (χ1v) is 8.08. The van der Waals surface area contributed by atoms with E-state index >= 15 is 0 Å². The van der Waals surface area contributed by atoms with Gasteiger partial charge in [-0.1, -0.05) is 72.6 Å². The molecule has 1 atom stereocenters. The van der Waals surface area contributed by atoms with E-state index in [1.807, 2.05) is 26.7 Å². The number of rotatable bonds is 3. The van der Waals surface area contributed by atoms with Crippen LogP contribution in [0.15, 0.2) is 54.6 Å². The number of hydrogen-bond acceptors (Lipinski definition) is 4. The van der Waals surface area contributed by atoms with Crippen LogP contribution in [0.5, 0.6) is 0 Å². The Kier molecular flexibility index (Phi) is 23.9. The summed E-state index contributed by atoms with van der Waals surface area (Å²) in [7, 11) is 3.50. The molecule has 2 rings (SSSR count). The van der Waals surface area contributed by atoms with Crippen LogP contribution in [0.2, 0.25) is 0 Å². The number of hydrogen-bond donors (Lipinski definition) is 2. The van der Waals surface area contributed by atoms with Crippen LogP contribution in [-0.2, 0) is 9.59 Å². The van der Waals surface area contributed by atoms with E-state index in [-0.39, 0.29) is 0 Å². The normalized spacial score (nSPS) is 9.20. The van der Waals surface area contributed by atoms with Crippen molar-refractivity contribution in [3.63, 3.8) is 0 Å². The van der Waals surface area contributed by atoms with Gasteiger partial charge in [-0.25, -0.2) is 0 Å². The van der Waals surface area contributed by atoms with E-state index in [9.17, 15) is 0 Å². The molecule has 0 saturated heterocycles. The average Bonchev–Trinajstić information content (AvgIpc) is 2.71. The molecule has 2 aromatic carbocycles. The smallest absolute Gasteiger partial charge is 0.106 e. The predicted molar refractivity (Wildman–Crippen MR) is 109 cm³/mol. The monoisotopic (exact) mass is 346 g/mol. The zero-order valence-corrected chi connectivity index (χ0v) is 16.3. The minimum atomic E-state index is 0.510. The maximum Gasteiger partial charge on any atom is 0.106 e. The Morgan fingerprint density at radius 2 is 1.20 bits per heavy atom. The molecule has 0 radical (unpaired) electrons. The Labute approximate surface area is 153 Å². The van der Waals surface area contributed by atoms with Gasteiger partial charge < -0.3 is 20.6 Å². The molecular weight excluding hydrogens is 312 g/mol. The summed E-state index contributed by atoms with van der Waals surface area (Å²) in [5.41, 5.74) is 8.53. The van der Waals surface area contributed by atoms with Crippen molar-refractivity contribution in [3.8, 4) is 0 Å². The average molecular weight is 347 g/mol. The minimum Gasteiger partial charge on any atom is -0.333 e. The molecule has 0 bridgehead atoms. The van der Waals surface area contributed by atoms with E-state index in [2.05, 4.69) is 80.4 Å². The summed E-state index contributed by atoms with van der Waals surface area (Å²) in [4.78, 5) is 16.0. The third-order valence-corrected chi connectivity index (χ3v) is 3.18.